The van der Waals surface area contributed by atoms with Gasteiger partial charge in [0.2, 0.25) is 0 Å². The van der Waals surface area contributed by atoms with Crippen molar-refractivity contribution in [2.24, 2.45) is 0 Å². The molecule has 1 saturated carbocycles. The molecule has 1 aliphatic carbocycles. The number of hydrogen-bond acceptors (Lipinski definition) is 3. The third kappa shape index (κ3) is 2.45. The van der Waals surface area contributed by atoms with E-state index in [4.69, 9.17) is 14.9 Å². The molecular weight excluding hydrogens is 188 g/mol. The first-order valence-electron chi connectivity index (χ1n) is 4.66. The minimum Gasteiger partial charge on any atom is -0.480 e. The summed E-state index contributed by atoms with van der Waals surface area (Å²) in [5.74, 6) is -2.17. The maximum Gasteiger partial charge on any atom is 0.335 e. The molecule has 0 aromatic carbocycles. The Morgan fingerprint density at radius 1 is 1.14 bits per heavy atom. The lowest BCUT2D eigenvalue weighted by molar-refractivity contribution is -0.175. The van der Waals surface area contributed by atoms with Crippen LogP contribution in [0.5, 0.6) is 0 Å². The summed E-state index contributed by atoms with van der Waals surface area (Å²) in [6, 6.07) is 0. The highest BCUT2D eigenvalue weighted by atomic mass is 16.5. The Morgan fingerprint density at radius 3 is 2.14 bits per heavy atom. The van der Waals surface area contributed by atoms with Crippen molar-refractivity contribution in [1.82, 2.24) is 0 Å². The Kier molecular flexibility index (Phi) is 3.46. The summed E-state index contributed by atoms with van der Waals surface area (Å²) in [5.41, 5.74) is -1.25. The van der Waals surface area contributed by atoms with Gasteiger partial charge in [0.05, 0.1) is 0 Å². The van der Waals surface area contributed by atoms with Crippen LogP contribution in [-0.4, -0.2) is 34.4 Å². The quantitative estimate of drug-likeness (QED) is 0.706. The Morgan fingerprint density at radius 2 is 1.71 bits per heavy atom. The molecule has 5 nitrogen and oxygen atoms in total. The first kappa shape index (κ1) is 11.0. The van der Waals surface area contributed by atoms with Crippen molar-refractivity contribution in [3.05, 3.63) is 0 Å². The fourth-order valence-electron chi connectivity index (χ4n) is 1.74. The summed E-state index contributed by atoms with van der Waals surface area (Å²) in [6.45, 7) is -0.535. The van der Waals surface area contributed by atoms with Crippen LogP contribution >= 0.6 is 0 Å². The summed E-state index contributed by atoms with van der Waals surface area (Å²) in [4.78, 5) is 21.3. The maximum atomic E-state index is 11.0. The van der Waals surface area contributed by atoms with Gasteiger partial charge in [-0.05, 0) is 25.7 Å². The van der Waals surface area contributed by atoms with Crippen molar-refractivity contribution in [3.8, 4) is 0 Å². The molecule has 0 radical (unpaired) electrons. The molecule has 1 aliphatic rings. The Bertz CT molecular complexity index is 229. The van der Waals surface area contributed by atoms with E-state index in [1.54, 1.807) is 0 Å². The predicted octanol–water partition coefficient (Wildman–Crippen LogP) is 0.875. The number of hydrogen-bond donors (Lipinski definition) is 2. The van der Waals surface area contributed by atoms with Gasteiger partial charge in [0.15, 0.2) is 5.60 Å². The maximum absolute atomic E-state index is 11.0. The molecule has 2 N–H and O–H groups in total. The standard InChI is InChI=1S/C9H14O5/c10-7(11)6-14-9(8(12)13)4-2-1-3-5-9/h1-6H2,(H,10,11)(H,12,13). The second-order valence-corrected chi connectivity index (χ2v) is 3.54. The molecule has 0 unspecified atom stereocenters. The van der Waals surface area contributed by atoms with E-state index >= 15 is 0 Å². The minimum absolute atomic E-state index is 0.412. The zero-order chi connectivity index (χ0) is 10.6. The number of carbonyl (C=O) groups is 2. The molecule has 0 aromatic heterocycles. The van der Waals surface area contributed by atoms with E-state index in [0.29, 0.717) is 12.8 Å². The van der Waals surface area contributed by atoms with Crippen molar-refractivity contribution in [3.63, 3.8) is 0 Å². The lowest BCUT2D eigenvalue weighted by Crippen LogP contribution is -2.44. The molecule has 0 bridgehead atoms. The fraction of sp³-hybridized carbons (Fsp3) is 0.778. The van der Waals surface area contributed by atoms with Gasteiger partial charge in [-0.3, -0.25) is 0 Å². The van der Waals surface area contributed by atoms with Crippen molar-refractivity contribution >= 4 is 11.9 Å². The molecule has 0 aliphatic heterocycles. The zero-order valence-corrected chi connectivity index (χ0v) is 7.86. The third-order valence-corrected chi connectivity index (χ3v) is 2.52. The normalized spacial score (nSPS) is 20.3. The van der Waals surface area contributed by atoms with Crippen molar-refractivity contribution in [2.45, 2.75) is 37.7 Å². The molecule has 0 aromatic rings. The van der Waals surface area contributed by atoms with Crippen molar-refractivity contribution in [2.75, 3.05) is 6.61 Å². The molecular formula is C9H14O5. The lowest BCUT2D eigenvalue weighted by Gasteiger charge is -2.32. The molecule has 1 rings (SSSR count). The van der Waals surface area contributed by atoms with E-state index in [2.05, 4.69) is 0 Å². The SMILES string of the molecule is O=C(O)COC1(C(=O)O)CCCCC1. The molecule has 80 valence electrons. The Labute approximate surface area is 81.7 Å². The summed E-state index contributed by atoms with van der Waals surface area (Å²) < 4.78 is 4.99. The summed E-state index contributed by atoms with van der Waals surface area (Å²) >= 11 is 0. The largest absolute Gasteiger partial charge is 0.480 e. The smallest absolute Gasteiger partial charge is 0.335 e. The van der Waals surface area contributed by atoms with Crippen LogP contribution in [0.4, 0.5) is 0 Å². The van der Waals surface area contributed by atoms with Gasteiger partial charge >= 0.3 is 11.9 Å². The van der Waals surface area contributed by atoms with Crippen LogP contribution in [0, 0.1) is 0 Å². The van der Waals surface area contributed by atoms with Crippen LogP contribution in [0.15, 0.2) is 0 Å². The van der Waals surface area contributed by atoms with Crippen LogP contribution in [0.2, 0.25) is 0 Å². The first-order chi connectivity index (χ1) is 6.57. The fourth-order valence-corrected chi connectivity index (χ4v) is 1.74. The van der Waals surface area contributed by atoms with Gasteiger partial charge in [0.25, 0.3) is 0 Å². The van der Waals surface area contributed by atoms with E-state index in [0.717, 1.165) is 19.3 Å². The molecule has 0 saturated heterocycles. The Hall–Kier alpha value is -1.10. The number of aliphatic carboxylic acids is 2. The monoisotopic (exact) mass is 202 g/mol. The highest BCUT2D eigenvalue weighted by Gasteiger charge is 2.41. The number of carboxylic acids is 2. The molecule has 1 fully saturated rings. The zero-order valence-electron chi connectivity index (χ0n) is 7.86. The summed E-state index contributed by atoms with van der Waals surface area (Å²) in [5, 5.41) is 17.4. The summed E-state index contributed by atoms with van der Waals surface area (Å²) in [7, 11) is 0. The van der Waals surface area contributed by atoms with Crippen LogP contribution < -0.4 is 0 Å². The molecule has 0 spiro atoms. The van der Waals surface area contributed by atoms with Crippen LogP contribution in [-0.2, 0) is 14.3 Å². The van der Waals surface area contributed by atoms with Crippen LogP contribution in [0.25, 0.3) is 0 Å². The molecule has 0 atom stereocenters. The van der Waals surface area contributed by atoms with Crippen molar-refractivity contribution < 1.29 is 24.5 Å². The molecule has 5 heteroatoms. The summed E-state index contributed by atoms with van der Waals surface area (Å²) in [6.07, 6.45) is 3.38. The van der Waals surface area contributed by atoms with Crippen LogP contribution in [0.1, 0.15) is 32.1 Å². The lowest BCUT2D eigenvalue weighted by atomic mass is 9.85. The number of rotatable bonds is 4. The average molecular weight is 202 g/mol. The van der Waals surface area contributed by atoms with Gasteiger partial charge in [-0.15, -0.1) is 0 Å². The minimum atomic E-state index is -1.25. The number of carboxylic acid groups (broad SMARTS) is 2. The van der Waals surface area contributed by atoms with Crippen molar-refractivity contribution in [1.29, 1.82) is 0 Å². The van der Waals surface area contributed by atoms with Gasteiger partial charge < -0.3 is 14.9 Å². The highest BCUT2D eigenvalue weighted by Crippen LogP contribution is 2.31. The van der Waals surface area contributed by atoms with Gasteiger partial charge in [0, 0.05) is 0 Å². The van der Waals surface area contributed by atoms with Gasteiger partial charge in [-0.25, -0.2) is 9.59 Å². The number of ether oxygens (including phenoxy) is 1. The Balaban J connectivity index is 2.60. The topological polar surface area (TPSA) is 83.8 Å². The highest BCUT2D eigenvalue weighted by molar-refractivity contribution is 5.78. The third-order valence-electron chi connectivity index (χ3n) is 2.52. The van der Waals surface area contributed by atoms with E-state index in [1.807, 2.05) is 0 Å². The first-order valence-corrected chi connectivity index (χ1v) is 4.66. The predicted molar refractivity (Wildman–Crippen MR) is 47.0 cm³/mol. The van der Waals surface area contributed by atoms with E-state index in [-0.39, 0.29) is 0 Å². The van der Waals surface area contributed by atoms with Gasteiger partial charge in [0.1, 0.15) is 6.61 Å². The molecule has 0 heterocycles. The van der Waals surface area contributed by atoms with Crippen LogP contribution in [0.3, 0.4) is 0 Å². The van der Waals surface area contributed by atoms with E-state index in [9.17, 15) is 9.59 Å². The van der Waals surface area contributed by atoms with E-state index in [1.165, 1.54) is 0 Å². The second-order valence-electron chi connectivity index (χ2n) is 3.54. The second kappa shape index (κ2) is 4.41. The molecule has 0 amide bonds. The average Bonchev–Trinajstić information content (AvgIpc) is 2.16. The van der Waals surface area contributed by atoms with Gasteiger partial charge in [-0.2, -0.15) is 0 Å². The van der Waals surface area contributed by atoms with Gasteiger partial charge in [-0.1, -0.05) is 6.42 Å². The van der Waals surface area contributed by atoms with E-state index < -0.39 is 24.1 Å². The molecule has 14 heavy (non-hydrogen) atoms.